The molecule has 2 fully saturated rings. The highest BCUT2D eigenvalue weighted by molar-refractivity contribution is 4.89. The number of ether oxygens (including phenoxy) is 2. The van der Waals surface area contributed by atoms with E-state index in [1.54, 1.807) is 0 Å². The first-order chi connectivity index (χ1) is 9.24. The molecular formula is C16H31NO2. The summed E-state index contributed by atoms with van der Waals surface area (Å²) in [6.45, 7) is 8.41. The molecule has 2 aliphatic rings. The predicted molar refractivity (Wildman–Crippen MR) is 78.4 cm³/mol. The van der Waals surface area contributed by atoms with Crippen molar-refractivity contribution in [2.24, 2.45) is 5.92 Å². The Morgan fingerprint density at radius 3 is 2.68 bits per heavy atom. The van der Waals surface area contributed by atoms with Crippen LogP contribution in [-0.4, -0.2) is 38.0 Å². The number of nitrogens with one attached hydrogen (secondary N) is 1. The fourth-order valence-electron chi connectivity index (χ4n) is 3.20. The van der Waals surface area contributed by atoms with Gasteiger partial charge < -0.3 is 14.8 Å². The molecule has 1 aliphatic heterocycles. The second-order valence-corrected chi connectivity index (χ2v) is 6.49. The SMILES string of the molecule is CCCNCC1(OCC2CCCO2)CCC(C)CC1. The van der Waals surface area contributed by atoms with Gasteiger partial charge in [-0.2, -0.15) is 0 Å². The summed E-state index contributed by atoms with van der Waals surface area (Å²) in [5.41, 5.74) is 0.0770. The van der Waals surface area contributed by atoms with Gasteiger partial charge in [0, 0.05) is 13.2 Å². The Morgan fingerprint density at radius 2 is 2.05 bits per heavy atom. The topological polar surface area (TPSA) is 30.5 Å². The van der Waals surface area contributed by atoms with E-state index in [-0.39, 0.29) is 5.60 Å². The molecule has 0 amide bonds. The molecule has 0 bridgehead atoms. The molecule has 0 aromatic carbocycles. The van der Waals surface area contributed by atoms with Crippen LogP contribution >= 0.6 is 0 Å². The molecule has 1 saturated carbocycles. The minimum absolute atomic E-state index is 0.0770. The Labute approximate surface area is 118 Å². The highest BCUT2D eigenvalue weighted by Gasteiger charge is 2.35. The maximum absolute atomic E-state index is 6.36. The maximum Gasteiger partial charge on any atom is 0.0809 e. The summed E-state index contributed by atoms with van der Waals surface area (Å²) in [6.07, 6.45) is 8.94. The summed E-state index contributed by atoms with van der Waals surface area (Å²) >= 11 is 0. The van der Waals surface area contributed by atoms with E-state index in [0.29, 0.717) is 6.10 Å². The quantitative estimate of drug-likeness (QED) is 0.720. The zero-order chi connectivity index (χ0) is 13.6. The van der Waals surface area contributed by atoms with E-state index in [0.717, 1.165) is 32.2 Å². The third-order valence-corrected chi connectivity index (χ3v) is 4.66. The Balaban J connectivity index is 1.81. The second kappa shape index (κ2) is 7.61. The fourth-order valence-corrected chi connectivity index (χ4v) is 3.20. The van der Waals surface area contributed by atoms with Crippen molar-refractivity contribution < 1.29 is 9.47 Å². The van der Waals surface area contributed by atoms with Crippen LogP contribution < -0.4 is 5.32 Å². The van der Waals surface area contributed by atoms with Crippen molar-refractivity contribution in [1.29, 1.82) is 0 Å². The summed E-state index contributed by atoms with van der Waals surface area (Å²) in [7, 11) is 0. The minimum atomic E-state index is 0.0770. The van der Waals surface area contributed by atoms with Crippen molar-refractivity contribution in [3.8, 4) is 0 Å². The average Bonchev–Trinajstić information content (AvgIpc) is 2.93. The van der Waals surface area contributed by atoms with Crippen LogP contribution in [0.1, 0.15) is 58.8 Å². The zero-order valence-electron chi connectivity index (χ0n) is 12.7. The zero-order valence-corrected chi connectivity index (χ0v) is 12.7. The molecule has 1 aliphatic carbocycles. The van der Waals surface area contributed by atoms with Gasteiger partial charge >= 0.3 is 0 Å². The number of hydrogen-bond acceptors (Lipinski definition) is 3. The first-order valence-electron chi connectivity index (χ1n) is 8.20. The van der Waals surface area contributed by atoms with E-state index < -0.39 is 0 Å². The summed E-state index contributed by atoms with van der Waals surface area (Å²) in [5, 5.41) is 3.57. The van der Waals surface area contributed by atoms with Crippen LogP contribution in [0.4, 0.5) is 0 Å². The molecule has 112 valence electrons. The number of hydrogen-bond donors (Lipinski definition) is 1. The Morgan fingerprint density at radius 1 is 1.26 bits per heavy atom. The maximum atomic E-state index is 6.36. The van der Waals surface area contributed by atoms with Crippen molar-refractivity contribution >= 4 is 0 Å². The summed E-state index contributed by atoms with van der Waals surface area (Å²) in [5.74, 6) is 0.866. The van der Waals surface area contributed by atoms with Crippen molar-refractivity contribution in [2.45, 2.75) is 70.5 Å². The van der Waals surface area contributed by atoms with Gasteiger partial charge in [0.1, 0.15) is 0 Å². The van der Waals surface area contributed by atoms with E-state index in [1.165, 1.54) is 44.9 Å². The Hall–Kier alpha value is -0.120. The molecule has 0 spiro atoms. The van der Waals surface area contributed by atoms with Crippen LogP contribution in [0.25, 0.3) is 0 Å². The minimum Gasteiger partial charge on any atom is -0.376 e. The van der Waals surface area contributed by atoms with Gasteiger partial charge in [-0.25, -0.2) is 0 Å². The van der Waals surface area contributed by atoms with Crippen LogP contribution in [0.15, 0.2) is 0 Å². The predicted octanol–water partition coefficient (Wildman–Crippen LogP) is 3.13. The van der Waals surface area contributed by atoms with Crippen LogP contribution in [0.3, 0.4) is 0 Å². The highest BCUT2D eigenvalue weighted by Crippen LogP contribution is 2.35. The van der Waals surface area contributed by atoms with Gasteiger partial charge in [-0.1, -0.05) is 13.8 Å². The molecule has 2 rings (SSSR count). The molecule has 0 aromatic heterocycles. The normalized spacial score (nSPS) is 35.7. The average molecular weight is 269 g/mol. The lowest BCUT2D eigenvalue weighted by Crippen LogP contribution is -2.47. The Kier molecular flexibility index (Phi) is 6.11. The largest absolute Gasteiger partial charge is 0.376 e. The van der Waals surface area contributed by atoms with Gasteiger partial charge in [-0.3, -0.25) is 0 Å². The standard InChI is InChI=1S/C16H31NO2/c1-3-10-17-13-16(8-6-14(2)7-9-16)19-12-15-5-4-11-18-15/h14-15,17H,3-13H2,1-2H3. The van der Waals surface area contributed by atoms with Crippen LogP contribution in [0.5, 0.6) is 0 Å². The van der Waals surface area contributed by atoms with Gasteiger partial charge in [0.2, 0.25) is 0 Å². The van der Waals surface area contributed by atoms with Gasteiger partial charge in [-0.05, 0) is 57.4 Å². The first-order valence-corrected chi connectivity index (χ1v) is 8.20. The molecule has 19 heavy (non-hydrogen) atoms. The molecule has 1 saturated heterocycles. The molecule has 3 heteroatoms. The Bertz CT molecular complexity index is 243. The molecule has 3 nitrogen and oxygen atoms in total. The smallest absolute Gasteiger partial charge is 0.0809 e. The lowest BCUT2D eigenvalue weighted by atomic mass is 9.79. The monoisotopic (exact) mass is 269 g/mol. The van der Waals surface area contributed by atoms with Crippen LogP contribution in [0.2, 0.25) is 0 Å². The third kappa shape index (κ3) is 4.73. The summed E-state index contributed by atoms with van der Waals surface area (Å²) in [4.78, 5) is 0. The van der Waals surface area contributed by atoms with E-state index in [2.05, 4.69) is 19.2 Å². The van der Waals surface area contributed by atoms with E-state index >= 15 is 0 Å². The van der Waals surface area contributed by atoms with Crippen molar-refractivity contribution in [1.82, 2.24) is 5.32 Å². The molecule has 0 aromatic rings. The van der Waals surface area contributed by atoms with Gasteiger partial charge in [-0.15, -0.1) is 0 Å². The highest BCUT2D eigenvalue weighted by atomic mass is 16.5. The van der Waals surface area contributed by atoms with E-state index in [1.807, 2.05) is 0 Å². The molecule has 0 radical (unpaired) electrons. The molecule has 1 atom stereocenters. The number of rotatable bonds is 7. The molecular weight excluding hydrogens is 238 g/mol. The van der Waals surface area contributed by atoms with Crippen molar-refractivity contribution in [3.63, 3.8) is 0 Å². The van der Waals surface area contributed by atoms with E-state index in [9.17, 15) is 0 Å². The van der Waals surface area contributed by atoms with Gasteiger partial charge in [0.05, 0.1) is 18.3 Å². The lowest BCUT2D eigenvalue weighted by Gasteiger charge is -2.40. The third-order valence-electron chi connectivity index (χ3n) is 4.66. The first kappa shape index (κ1) is 15.3. The molecule has 1 N–H and O–H groups in total. The molecule has 1 unspecified atom stereocenters. The summed E-state index contributed by atoms with van der Waals surface area (Å²) in [6, 6.07) is 0. The lowest BCUT2D eigenvalue weighted by molar-refractivity contribution is -0.105. The van der Waals surface area contributed by atoms with Crippen LogP contribution in [0, 0.1) is 5.92 Å². The van der Waals surface area contributed by atoms with E-state index in [4.69, 9.17) is 9.47 Å². The molecule has 1 heterocycles. The van der Waals surface area contributed by atoms with Crippen molar-refractivity contribution in [3.05, 3.63) is 0 Å². The summed E-state index contributed by atoms with van der Waals surface area (Å²) < 4.78 is 12.1. The fraction of sp³-hybridized carbons (Fsp3) is 1.00. The van der Waals surface area contributed by atoms with Crippen molar-refractivity contribution in [2.75, 3.05) is 26.3 Å². The van der Waals surface area contributed by atoms with Gasteiger partial charge in [0.15, 0.2) is 0 Å². The second-order valence-electron chi connectivity index (χ2n) is 6.49. The van der Waals surface area contributed by atoms with Gasteiger partial charge in [0.25, 0.3) is 0 Å². The van der Waals surface area contributed by atoms with Crippen LogP contribution in [-0.2, 0) is 9.47 Å².